The van der Waals surface area contributed by atoms with Gasteiger partial charge in [0.2, 0.25) is 0 Å². The van der Waals surface area contributed by atoms with E-state index in [0.717, 1.165) is 17.9 Å². The Kier molecular flexibility index (Phi) is 6.06. The predicted octanol–water partition coefficient (Wildman–Crippen LogP) is 4.64. The molecule has 2 heteroatoms. The van der Waals surface area contributed by atoms with Gasteiger partial charge in [-0.3, -0.25) is 0 Å². The lowest BCUT2D eigenvalue weighted by molar-refractivity contribution is 1.14. The third-order valence-corrected chi connectivity index (χ3v) is 7.37. The van der Waals surface area contributed by atoms with E-state index in [1.165, 1.54) is 32.6 Å². The van der Waals surface area contributed by atoms with E-state index in [2.05, 4.69) is 91.0 Å². The average molecular weight is 399 g/mol. The summed E-state index contributed by atoms with van der Waals surface area (Å²) in [4.78, 5) is 0. The molecule has 4 aromatic rings. The molecule has 0 spiro atoms. The van der Waals surface area contributed by atoms with Gasteiger partial charge in [-0.1, -0.05) is 114 Å². The Hall–Kier alpha value is -2.61. The van der Waals surface area contributed by atoms with Gasteiger partial charge >= 0.3 is 0 Å². The molecule has 0 saturated carbocycles. The van der Waals surface area contributed by atoms with Gasteiger partial charge in [0.05, 0.1) is 9.52 Å². The van der Waals surface area contributed by atoms with Gasteiger partial charge < -0.3 is 0 Å². The van der Waals surface area contributed by atoms with Gasteiger partial charge in [0, 0.05) is 5.02 Å². The molecule has 0 aliphatic carbocycles. The van der Waals surface area contributed by atoms with Gasteiger partial charge in [-0.2, -0.15) is 0 Å². The Balaban J connectivity index is 1.66. The van der Waals surface area contributed by atoms with Gasteiger partial charge in [-0.05, 0) is 46.3 Å². The van der Waals surface area contributed by atoms with Crippen LogP contribution in [0.4, 0.5) is 0 Å². The van der Waals surface area contributed by atoms with Crippen LogP contribution in [0.2, 0.25) is 5.02 Å². The molecule has 0 unspecified atom stereocenters. The van der Waals surface area contributed by atoms with Crippen molar-refractivity contribution >= 4 is 31.5 Å². The Morgan fingerprint density at radius 1 is 0.536 bits per heavy atom. The lowest BCUT2D eigenvalue weighted by atomic mass is 9.99. The van der Waals surface area contributed by atoms with E-state index in [9.17, 15) is 0 Å². The molecule has 4 rings (SSSR count). The van der Waals surface area contributed by atoms with Gasteiger partial charge in [0.15, 0.2) is 0 Å². The van der Waals surface area contributed by atoms with Gasteiger partial charge in [-0.25, -0.2) is 0 Å². The van der Waals surface area contributed by atoms with Crippen LogP contribution in [0.25, 0.3) is 0 Å². The molecular formula is C26H23ClSi. The molecule has 0 aliphatic heterocycles. The van der Waals surface area contributed by atoms with Crippen molar-refractivity contribution in [2.45, 2.75) is 12.8 Å². The Bertz CT molecular complexity index is 982. The molecule has 0 fully saturated rings. The number of rotatable bonds is 6. The second-order valence-electron chi connectivity index (χ2n) is 7.25. The van der Waals surface area contributed by atoms with Crippen molar-refractivity contribution in [3.8, 4) is 0 Å². The van der Waals surface area contributed by atoms with Gasteiger partial charge in [-0.15, -0.1) is 0 Å². The number of hydrogen-bond acceptors (Lipinski definition) is 0. The fourth-order valence-electron chi connectivity index (χ4n) is 3.67. The van der Waals surface area contributed by atoms with Crippen LogP contribution < -0.4 is 10.4 Å². The number of hydrogen-bond donors (Lipinski definition) is 0. The minimum atomic E-state index is -0.616. The monoisotopic (exact) mass is 398 g/mol. The molecule has 0 saturated heterocycles. The molecule has 0 radical (unpaired) electrons. The van der Waals surface area contributed by atoms with Gasteiger partial charge in [0.25, 0.3) is 0 Å². The maximum Gasteiger partial charge on any atom is 0.0894 e. The Morgan fingerprint density at radius 3 is 1.57 bits per heavy atom. The van der Waals surface area contributed by atoms with Crippen molar-refractivity contribution in [2.24, 2.45) is 0 Å². The summed E-state index contributed by atoms with van der Waals surface area (Å²) < 4.78 is 0. The molecule has 0 aliphatic rings. The molecule has 0 N–H and O–H groups in total. The zero-order valence-electron chi connectivity index (χ0n) is 15.8. The second-order valence-corrected chi connectivity index (χ2v) is 9.59. The predicted molar refractivity (Wildman–Crippen MR) is 124 cm³/mol. The normalized spacial score (nSPS) is 11.2. The molecule has 4 aromatic carbocycles. The fourth-order valence-corrected chi connectivity index (χ4v) is 5.72. The molecule has 0 bridgehead atoms. The smallest absolute Gasteiger partial charge is 0.0845 e. The summed E-state index contributed by atoms with van der Waals surface area (Å²) in [5.74, 6) is 0. The lowest BCUT2D eigenvalue weighted by Gasteiger charge is -2.11. The highest BCUT2D eigenvalue weighted by molar-refractivity contribution is 6.70. The summed E-state index contributed by atoms with van der Waals surface area (Å²) in [6, 6.07) is 36.8. The third-order valence-electron chi connectivity index (χ3n) is 4.97. The zero-order chi connectivity index (χ0) is 19.2. The van der Waals surface area contributed by atoms with Crippen molar-refractivity contribution in [1.29, 1.82) is 0 Å². The largest absolute Gasteiger partial charge is 0.0894 e. The summed E-state index contributed by atoms with van der Waals surface area (Å²) in [6.45, 7) is 0. The molecule has 0 heterocycles. The average Bonchev–Trinajstić information content (AvgIpc) is 2.71. The minimum Gasteiger partial charge on any atom is -0.0845 e. The van der Waals surface area contributed by atoms with Crippen LogP contribution in [0.3, 0.4) is 0 Å². The number of benzene rings is 4. The van der Waals surface area contributed by atoms with E-state index >= 15 is 0 Å². The van der Waals surface area contributed by atoms with Gasteiger partial charge in [0.1, 0.15) is 0 Å². The van der Waals surface area contributed by atoms with E-state index in [1.54, 1.807) is 0 Å². The van der Waals surface area contributed by atoms with Crippen LogP contribution in [0.15, 0.2) is 103 Å². The molecular weight excluding hydrogens is 376 g/mol. The molecule has 0 nitrogen and oxygen atoms in total. The van der Waals surface area contributed by atoms with E-state index < -0.39 is 9.52 Å². The first-order valence-corrected chi connectivity index (χ1v) is 11.5. The second kappa shape index (κ2) is 9.05. The van der Waals surface area contributed by atoms with E-state index in [0.29, 0.717) is 0 Å². The highest BCUT2D eigenvalue weighted by Gasteiger charge is 2.07. The van der Waals surface area contributed by atoms with E-state index in [4.69, 9.17) is 11.6 Å². The first kappa shape index (κ1) is 18.7. The highest BCUT2D eigenvalue weighted by atomic mass is 35.5. The highest BCUT2D eigenvalue weighted by Crippen LogP contribution is 2.14. The topological polar surface area (TPSA) is 0 Å². The van der Waals surface area contributed by atoms with Crippen LogP contribution in [-0.4, -0.2) is 9.52 Å². The SMILES string of the molecule is Clc1ccccc1[SiH2]c1cc(Cc2ccccc2)cc(Cc2ccccc2)c1. The number of halogens is 1. The van der Waals surface area contributed by atoms with Crippen LogP contribution in [0.1, 0.15) is 22.3 Å². The Labute approximate surface area is 174 Å². The summed E-state index contributed by atoms with van der Waals surface area (Å²) in [7, 11) is -0.616. The molecule has 0 atom stereocenters. The quantitative estimate of drug-likeness (QED) is 0.415. The van der Waals surface area contributed by atoms with Crippen molar-refractivity contribution in [1.82, 2.24) is 0 Å². The molecule has 138 valence electrons. The van der Waals surface area contributed by atoms with Crippen LogP contribution in [-0.2, 0) is 12.8 Å². The van der Waals surface area contributed by atoms with Crippen LogP contribution in [0.5, 0.6) is 0 Å². The fraction of sp³-hybridized carbons (Fsp3) is 0.0769. The zero-order valence-corrected chi connectivity index (χ0v) is 18.0. The summed E-state index contributed by atoms with van der Waals surface area (Å²) >= 11 is 6.45. The maximum absolute atomic E-state index is 6.45. The standard InChI is InChI=1S/C26H23ClSi/c27-25-13-7-8-14-26(25)28-24-18-22(15-20-9-3-1-4-10-20)17-23(19-24)16-21-11-5-2-6-12-21/h1-14,17-19H,15-16,28H2. The molecule has 0 amide bonds. The summed E-state index contributed by atoms with van der Waals surface area (Å²) in [5, 5.41) is 3.66. The van der Waals surface area contributed by atoms with Crippen molar-refractivity contribution in [3.05, 3.63) is 130 Å². The van der Waals surface area contributed by atoms with E-state index in [1.807, 2.05) is 12.1 Å². The third kappa shape index (κ3) is 5.01. The van der Waals surface area contributed by atoms with Crippen LogP contribution >= 0.6 is 11.6 Å². The van der Waals surface area contributed by atoms with Crippen molar-refractivity contribution in [2.75, 3.05) is 0 Å². The van der Waals surface area contributed by atoms with Crippen molar-refractivity contribution in [3.63, 3.8) is 0 Å². The summed E-state index contributed by atoms with van der Waals surface area (Å²) in [5.41, 5.74) is 5.47. The summed E-state index contributed by atoms with van der Waals surface area (Å²) in [6.07, 6.45) is 1.93. The van der Waals surface area contributed by atoms with E-state index in [-0.39, 0.29) is 0 Å². The lowest BCUT2D eigenvalue weighted by Crippen LogP contribution is -2.28. The first-order chi connectivity index (χ1) is 13.8. The molecule has 0 aromatic heterocycles. The first-order valence-electron chi connectivity index (χ1n) is 9.69. The maximum atomic E-state index is 6.45. The van der Waals surface area contributed by atoms with Crippen molar-refractivity contribution < 1.29 is 0 Å². The van der Waals surface area contributed by atoms with Crippen LogP contribution in [0, 0.1) is 0 Å². The Morgan fingerprint density at radius 2 is 1.04 bits per heavy atom. The minimum absolute atomic E-state index is 0.616. The molecule has 28 heavy (non-hydrogen) atoms.